The third-order valence-electron chi connectivity index (χ3n) is 7.45. The standard InChI is InChI=1S/C31H42N2O8/c1-39-14-4-5-22(21-12-13-33-29(32)18-21)30(24(35)10-7-19-6-9-23(34)27(16-19)40-2)25(36)11-8-20-15-26(37)31(38)28(17-20)41-3/h6,9,12,15-18,22,24,30,33-35,37-38H,4-5,7-8,10-11,13-14,32H2,1-3H3/t22-,24+,30-/m0/s1. The number of Topliss-reactive ketones (excluding diaryl/α,β-unsaturated/α-hetero) is 1. The number of hydrogen-bond acceptors (Lipinski definition) is 10. The van der Waals surface area contributed by atoms with Gasteiger partial charge in [0.15, 0.2) is 23.0 Å². The molecule has 1 aliphatic heterocycles. The maximum atomic E-state index is 13.9. The first-order valence-electron chi connectivity index (χ1n) is 13.7. The van der Waals surface area contributed by atoms with E-state index in [2.05, 4.69) is 5.32 Å². The summed E-state index contributed by atoms with van der Waals surface area (Å²) < 4.78 is 15.6. The second-order valence-electron chi connectivity index (χ2n) is 10.2. The molecule has 1 aliphatic rings. The predicted octanol–water partition coefficient (Wildman–Crippen LogP) is 3.30. The molecule has 2 aromatic carbocycles. The van der Waals surface area contributed by atoms with Gasteiger partial charge < -0.3 is 45.7 Å². The number of nitrogens with one attached hydrogen (secondary N) is 1. The minimum absolute atomic E-state index is 0.0298. The number of benzene rings is 2. The summed E-state index contributed by atoms with van der Waals surface area (Å²) in [5.41, 5.74) is 8.46. The molecular weight excluding hydrogens is 528 g/mol. The van der Waals surface area contributed by atoms with Crippen molar-refractivity contribution < 1.29 is 39.4 Å². The third kappa shape index (κ3) is 8.55. The summed E-state index contributed by atoms with van der Waals surface area (Å²) in [6.07, 6.45) is 5.31. The maximum Gasteiger partial charge on any atom is 0.200 e. The Bertz CT molecular complexity index is 1240. The highest BCUT2D eigenvalue weighted by Gasteiger charge is 2.35. The molecule has 10 nitrogen and oxygen atoms in total. The van der Waals surface area contributed by atoms with E-state index in [9.17, 15) is 25.2 Å². The van der Waals surface area contributed by atoms with Gasteiger partial charge in [-0.05, 0) is 85.1 Å². The van der Waals surface area contributed by atoms with E-state index in [1.54, 1.807) is 31.4 Å². The van der Waals surface area contributed by atoms with Crippen molar-refractivity contribution in [3.8, 4) is 28.7 Å². The molecule has 0 fully saturated rings. The quantitative estimate of drug-likeness (QED) is 0.130. The van der Waals surface area contributed by atoms with Gasteiger partial charge in [0.05, 0.1) is 32.1 Å². The van der Waals surface area contributed by atoms with E-state index in [1.165, 1.54) is 20.3 Å². The third-order valence-corrected chi connectivity index (χ3v) is 7.45. The normalized spacial score (nSPS) is 15.2. The number of aliphatic hydroxyl groups excluding tert-OH is 1. The molecule has 0 saturated carbocycles. The van der Waals surface area contributed by atoms with E-state index in [-0.39, 0.29) is 47.5 Å². The van der Waals surface area contributed by atoms with Gasteiger partial charge in [-0.1, -0.05) is 12.1 Å². The second kappa shape index (κ2) is 15.2. The van der Waals surface area contributed by atoms with Crippen LogP contribution in [0.15, 0.2) is 53.9 Å². The monoisotopic (exact) mass is 570 g/mol. The van der Waals surface area contributed by atoms with E-state index in [4.69, 9.17) is 19.9 Å². The number of dihydropyridines is 1. The van der Waals surface area contributed by atoms with Gasteiger partial charge in [-0.15, -0.1) is 0 Å². The molecule has 0 bridgehead atoms. The number of carbonyl (C=O) groups is 1. The van der Waals surface area contributed by atoms with Crippen LogP contribution >= 0.6 is 0 Å². The first kappa shape index (κ1) is 31.6. The summed E-state index contributed by atoms with van der Waals surface area (Å²) in [5, 5.41) is 44.6. The number of hydrogen-bond donors (Lipinski definition) is 6. The maximum absolute atomic E-state index is 13.9. The number of ketones is 1. The Balaban J connectivity index is 1.89. The molecular formula is C31H42N2O8. The first-order chi connectivity index (χ1) is 19.7. The zero-order chi connectivity index (χ0) is 29.9. The average molecular weight is 571 g/mol. The van der Waals surface area contributed by atoms with Crippen molar-refractivity contribution in [2.75, 3.05) is 34.5 Å². The van der Waals surface area contributed by atoms with Crippen LogP contribution in [-0.4, -0.2) is 66.8 Å². The van der Waals surface area contributed by atoms with E-state index in [0.29, 0.717) is 56.0 Å². The Morgan fingerprint density at radius 3 is 2.39 bits per heavy atom. The van der Waals surface area contributed by atoms with Gasteiger partial charge in [0.2, 0.25) is 5.75 Å². The van der Waals surface area contributed by atoms with Crippen LogP contribution in [0.25, 0.3) is 0 Å². The minimum atomic E-state index is -0.969. The smallest absolute Gasteiger partial charge is 0.200 e. The number of aromatic hydroxyl groups is 3. The lowest BCUT2D eigenvalue weighted by molar-refractivity contribution is -0.128. The Kier molecular flexibility index (Phi) is 11.7. The SMILES string of the molecule is COCCC[C@@H](C1=CCNC(N)=C1)[C@H](C(=O)CCc1cc(O)c(O)c(OC)c1)[C@H](O)CCc1ccc(O)c(OC)c1. The summed E-state index contributed by atoms with van der Waals surface area (Å²) in [5.74, 6) is -0.849. The van der Waals surface area contributed by atoms with Crippen molar-refractivity contribution in [1.29, 1.82) is 0 Å². The highest BCUT2D eigenvalue weighted by molar-refractivity contribution is 5.82. The summed E-state index contributed by atoms with van der Waals surface area (Å²) in [6.45, 7) is 1.04. The average Bonchev–Trinajstić information content (AvgIpc) is 2.96. The van der Waals surface area contributed by atoms with Gasteiger partial charge in [-0.25, -0.2) is 0 Å². The minimum Gasteiger partial charge on any atom is -0.504 e. The molecule has 0 spiro atoms. The van der Waals surface area contributed by atoms with Crippen LogP contribution in [0.5, 0.6) is 28.7 Å². The molecule has 0 radical (unpaired) electrons. The van der Waals surface area contributed by atoms with Crippen LogP contribution in [0, 0.1) is 11.8 Å². The molecule has 10 heteroatoms. The number of methoxy groups -OCH3 is 3. The van der Waals surface area contributed by atoms with E-state index in [1.807, 2.05) is 12.2 Å². The van der Waals surface area contributed by atoms with Crippen LogP contribution in [0.4, 0.5) is 0 Å². The van der Waals surface area contributed by atoms with Gasteiger partial charge in [0, 0.05) is 26.7 Å². The molecule has 0 saturated heterocycles. The summed E-state index contributed by atoms with van der Waals surface area (Å²) in [6, 6.07) is 8.02. The number of carbonyl (C=O) groups excluding carboxylic acids is 1. The fourth-order valence-corrected chi connectivity index (χ4v) is 5.30. The van der Waals surface area contributed by atoms with Crippen LogP contribution < -0.4 is 20.5 Å². The van der Waals surface area contributed by atoms with Crippen molar-refractivity contribution in [3.63, 3.8) is 0 Å². The first-order valence-corrected chi connectivity index (χ1v) is 13.7. The lowest BCUT2D eigenvalue weighted by atomic mass is 9.74. The van der Waals surface area contributed by atoms with Crippen LogP contribution in [0.1, 0.15) is 36.8 Å². The van der Waals surface area contributed by atoms with Gasteiger partial charge in [-0.3, -0.25) is 4.79 Å². The molecule has 3 rings (SSSR count). The molecule has 1 heterocycles. The molecule has 7 N–H and O–H groups in total. The van der Waals surface area contributed by atoms with Crippen molar-refractivity contribution in [2.24, 2.45) is 17.6 Å². The Morgan fingerprint density at radius 1 is 0.976 bits per heavy atom. The summed E-state index contributed by atoms with van der Waals surface area (Å²) in [7, 11) is 4.49. The number of rotatable bonds is 16. The van der Waals surface area contributed by atoms with Crippen molar-refractivity contribution in [1.82, 2.24) is 5.32 Å². The largest absolute Gasteiger partial charge is 0.504 e. The molecule has 2 aromatic rings. The highest BCUT2D eigenvalue weighted by Crippen LogP contribution is 2.38. The van der Waals surface area contributed by atoms with Crippen LogP contribution in [-0.2, 0) is 22.4 Å². The molecule has 41 heavy (non-hydrogen) atoms. The number of aryl methyl sites for hydroxylation is 2. The van der Waals surface area contributed by atoms with Gasteiger partial charge in [0.25, 0.3) is 0 Å². The number of phenolic OH excluding ortho intramolecular Hbond substituents is 3. The number of aliphatic hydroxyl groups is 1. The van der Waals surface area contributed by atoms with Gasteiger partial charge in [-0.2, -0.15) is 0 Å². The van der Waals surface area contributed by atoms with Gasteiger partial charge in [0.1, 0.15) is 5.78 Å². The van der Waals surface area contributed by atoms with E-state index < -0.39 is 12.0 Å². The van der Waals surface area contributed by atoms with E-state index >= 15 is 0 Å². The molecule has 224 valence electrons. The topological polar surface area (TPSA) is 164 Å². The molecule has 0 aromatic heterocycles. The van der Waals surface area contributed by atoms with Gasteiger partial charge >= 0.3 is 0 Å². The second-order valence-corrected chi connectivity index (χ2v) is 10.2. The molecule has 0 aliphatic carbocycles. The van der Waals surface area contributed by atoms with Crippen LogP contribution in [0.3, 0.4) is 0 Å². The summed E-state index contributed by atoms with van der Waals surface area (Å²) in [4.78, 5) is 13.9. The lowest BCUT2D eigenvalue weighted by Crippen LogP contribution is -2.37. The zero-order valence-electron chi connectivity index (χ0n) is 23.9. The fourth-order valence-electron chi connectivity index (χ4n) is 5.30. The lowest BCUT2D eigenvalue weighted by Gasteiger charge is -2.32. The number of phenols is 3. The van der Waals surface area contributed by atoms with Crippen molar-refractivity contribution in [3.05, 3.63) is 65.0 Å². The summed E-state index contributed by atoms with van der Waals surface area (Å²) >= 11 is 0. The molecule has 3 atom stereocenters. The number of ether oxygens (including phenoxy) is 3. The Morgan fingerprint density at radius 2 is 1.71 bits per heavy atom. The molecule has 0 amide bonds. The number of allylic oxidation sites excluding steroid dienone is 2. The zero-order valence-corrected chi connectivity index (χ0v) is 23.9. The van der Waals surface area contributed by atoms with Crippen molar-refractivity contribution in [2.45, 2.75) is 44.6 Å². The Hall–Kier alpha value is -3.89. The van der Waals surface area contributed by atoms with Crippen molar-refractivity contribution >= 4 is 5.78 Å². The predicted molar refractivity (Wildman–Crippen MR) is 155 cm³/mol. The fraction of sp³-hybridized carbons (Fsp3) is 0.452. The van der Waals surface area contributed by atoms with Crippen LogP contribution in [0.2, 0.25) is 0 Å². The molecule has 0 unspecified atom stereocenters. The Labute approximate surface area is 241 Å². The highest BCUT2D eigenvalue weighted by atomic mass is 16.5. The number of nitrogens with two attached hydrogens (primary N) is 1. The van der Waals surface area contributed by atoms with E-state index in [0.717, 1.165) is 11.1 Å².